The number of likely N-dealkylation sites (N-methyl/N-ethyl adjacent to an activating group) is 1. The first kappa shape index (κ1) is 17.3. The van der Waals surface area contributed by atoms with E-state index in [1.165, 1.54) is 5.56 Å². The van der Waals surface area contributed by atoms with Gasteiger partial charge in [-0.05, 0) is 48.5 Å². The Balaban J connectivity index is 1.80. The van der Waals surface area contributed by atoms with E-state index in [0.717, 1.165) is 24.7 Å². The minimum absolute atomic E-state index is 0.0568. The maximum Gasteiger partial charge on any atom is 0.253 e. The topological polar surface area (TPSA) is 23.6 Å². The summed E-state index contributed by atoms with van der Waals surface area (Å²) in [7, 11) is 0. The molecule has 1 aliphatic rings. The predicted octanol–water partition coefficient (Wildman–Crippen LogP) is 4.51. The number of carbonyl (C=O) groups is 1. The lowest BCUT2D eigenvalue weighted by Crippen LogP contribution is -2.50. The fourth-order valence-corrected chi connectivity index (χ4v) is 3.41. The molecule has 1 amide bonds. The van der Waals surface area contributed by atoms with E-state index in [1.54, 1.807) is 24.3 Å². The van der Waals surface area contributed by atoms with Crippen LogP contribution in [0.15, 0.2) is 48.5 Å². The van der Waals surface area contributed by atoms with Crippen LogP contribution in [0.25, 0.3) is 0 Å². The van der Waals surface area contributed by atoms with E-state index in [1.807, 2.05) is 29.2 Å². The quantitative estimate of drug-likeness (QED) is 0.801. The zero-order valence-corrected chi connectivity index (χ0v) is 15.1. The van der Waals surface area contributed by atoms with Crippen molar-refractivity contribution in [3.8, 4) is 0 Å². The Labute approximate surface area is 152 Å². The summed E-state index contributed by atoms with van der Waals surface area (Å²) in [4.78, 5) is 17.1. The average molecular weight is 363 g/mol. The zero-order valence-electron chi connectivity index (χ0n) is 13.6. The Morgan fingerprint density at radius 2 is 1.58 bits per heavy atom. The monoisotopic (exact) mass is 362 g/mol. The van der Waals surface area contributed by atoms with Gasteiger partial charge in [0.2, 0.25) is 0 Å². The molecule has 0 spiro atoms. The smallest absolute Gasteiger partial charge is 0.253 e. The summed E-state index contributed by atoms with van der Waals surface area (Å²) in [5.41, 5.74) is 1.87. The summed E-state index contributed by atoms with van der Waals surface area (Å²) in [5, 5.41) is 1.37. The highest BCUT2D eigenvalue weighted by atomic mass is 35.5. The molecule has 1 unspecified atom stereocenters. The van der Waals surface area contributed by atoms with Gasteiger partial charge in [-0.3, -0.25) is 9.69 Å². The molecule has 1 saturated heterocycles. The van der Waals surface area contributed by atoms with Crippen molar-refractivity contribution in [2.24, 2.45) is 0 Å². The van der Waals surface area contributed by atoms with Gasteiger partial charge >= 0.3 is 0 Å². The van der Waals surface area contributed by atoms with Crippen molar-refractivity contribution in [1.82, 2.24) is 9.80 Å². The van der Waals surface area contributed by atoms with Gasteiger partial charge in [0.1, 0.15) is 0 Å². The van der Waals surface area contributed by atoms with E-state index in [2.05, 4.69) is 11.8 Å². The van der Waals surface area contributed by atoms with Crippen LogP contribution >= 0.6 is 23.2 Å². The van der Waals surface area contributed by atoms with Gasteiger partial charge in [-0.2, -0.15) is 0 Å². The van der Waals surface area contributed by atoms with Crippen molar-refractivity contribution in [2.45, 2.75) is 13.0 Å². The van der Waals surface area contributed by atoms with Gasteiger partial charge < -0.3 is 4.90 Å². The van der Waals surface area contributed by atoms with Crippen LogP contribution in [0.1, 0.15) is 28.9 Å². The van der Waals surface area contributed by atoms with Crippen molar-refractivity contribution >= 4 is 29.1 Å². The summed E-state index contributed by atoms with van der Waals surface area (Å²) < 4.78 is 0. The summed E-state index contributed by atoms with van der Waals surface area (Å²) in [5.74, 6) is 0.0568. The van der Waals surface area contributed by atoms with Crippen molar-refractivity contribution in [3.05, 3.63) is 69.7 Å². The van der Waals surface area contributed by atoms with E-state index >= 15 is 0 Å². The normalized spacial score (nSPS) is 18.6. The van der Waals surface area contributed by atoms with Crippen LogP contribution in [0.2, 0.25) is 10.0 Å². The van der Waals surface area contributed by atoms with Crippen LogP contribution in [-0.4, -0.2) is 41.9 Å². The van der Waals surface area contributed by atoms with Crippen LogP contribution in [0.3, 0.4) is 0 Å². The highest BCUT2D eigenvalue weighted by Crippen LogP contribution is 2.27. The molecule has 1 aliphatic heterocycles. The molecule has 0 radical (unpaired) electrons. The molecule has 2 aromatic rings. The van der Waals surface area contributed by atoms with Gasteiger partial charge in [-0.1, -0.05) is 42.3 Å². The maximum atomic E-state index is 12.8. The third-order valence-corrected chi connectivity index (χ3v) is 5.03. The molecule has 0 saturated carbocycles. The van der Waals surface area contributed by atoms with Crippen LogP contribution in [0.5, 0.6) is 0 Å². The van der Waals surface area contributed by atoms with E-state index in [9.17, 15) is 4.79 Å². The van der Waals surface area contributed by atoms with Crippen LogP contribution in [-0.2, 0) is 0 Å². The fourth-order valence-electron chi connectivity index (χ4n) is 3.16. The minimum atomic E-state index is 0.0568. The van der Waals surface area contributed by atoms with Crippen LogP contribution in [0, 0.1) is 0 Å². The first-order valence-corrected chi connectivity index (χ1v) is 8.88. The number of piperazine rings is 1. The Morgan fingerprint density at radius 3 is 2.17 bits per heavy atom. The number of carbonyl (C=O) groups excluding carboxylic acids is 1. The van der Waals surface area contributed by atoms with E-state index < -0.39 is 0 Å². The summed E-state index contributed by atoms with van der Waals surface area (Å²) in [6.07, 6.45) is 0. The largest absolute Gasteiger partial charge is 0.335 e. The van der Waals surface area contributed by atoms with Crippen molar-refractivity contribution in [2.75, 3.05) is 26.2 Å². The third kappa shape index (κ3) is 3.75. The SMILES string of the molecule is CCN1CCN(C(=O)c2ccc(Cl)cc2)CC1c1ccc(Cl)cc1. The molecule has 1 heterocycles. The molecule has 1 fully saturated rings. The van der Waals surface area contributed by atoms with Crippen LogP contribution in [0.4, 0.5) is 0 Å². The summed E-state index contributed by atoms with van der Waals surface area (Å²) in [6.45, 7) is 5.38. The fraction of sp³-hybridized carbons (Fsp3) is 0.316. The second-order valence-electron chi connectivity index (χ2n) is 5.95. The van der Waals surface area contributed by atoms with Crippen molar-refractivity contribution < 1.29 is 4.79 Å². The van der Waals surface area contributed by atoms with Gasteiger partial charge in [0, 0.05) is 35.2 Å². The standard InChI is InChI=1S/C19H20Cl2N2O/c1-2-22-11-12-23(19(24)15-5-9-17(21)10-6-15)13-18(22)14-3-7-16(20)8-4-14/h3-10,18H,2,11-13H2,1H3. The lowest BCUT2D eigenvalue weighted by atomic mass is 10.0. The first-order chi connectivity index (χ1) is 11.6. The predicted molar refractivity (Wildman–Crippen MR) is 98.8 cm³/mol. The maximum absolute atomic E-state index is 12.8. The van der Waals surface area contributed by atoms with Gasteiger partial charge in [0.05, 0.1) is 6.04 Å². The molecule has 2 aromatic carbocycles. The van der Waals surface area contributed by atoms with E-state index in [4.69, 9.17) is 23.2 Å². The number of hydrogen-bond donors (Lipinski definition) is 0. The number of amides is 1. The molecule has 24 heavy (non-hydrogen) atoms. The molecule has 3 rings (SSSR count). The Bertz CT molecular complexity index is 700. The molecule has 126 valence electrons. The molecular weight excluding hydrogens is 343 g/mol. The van der Waals surface area contributed by atoms with Crippen molar-refractivity contribution in [1.29, 1.82) is 0 Å². The molecule has 0 bridgehead atoms. The van der Waals surface area contributed by atoms with Crippen molar-refractivity contribution in [3.63, 3.8) is 0 Å². The molecule has 5 heteroatoms. The Hall–Kier alpha value is -1.55. The molecule has 0 aromatic heterocycles. The molecule has 0 aliphatic carbocycles. The molecule has 0 N–H and O–H groups in total. The number of nitrogens with zero attached hydrogens (tertiary/aromatic N) is 2. The third-order valence-electron chi connectivity index (χ3n) is 4.53. The average Bonchev–Trinajstić information content (AvgIpc) is 2.62. The van der Waals surface area contributed by atoms with E-state index in [-0.39, 0.29) is 11.9 Å². The number of rotatable bonds is 3. The highest BCUT2D eigenvalue weighted by molar-refractivity contribution is 6.30. The number of benzene rings is 2. The number of hydrogen-bond acceptors (Lipinski definition) is 2. The number of halogens is 2. The zero-order chi connectivity index (χ0) is 17.1. The van der Waals surface area contributed by atoms with Gasteiger partial charge in [-0.15, -0.1) is 0 Å². The van der Waals surface area contributed by atoms with Crippen LogP contribution < -0.4 is 0 Å². The minimum Gasteiger partial charge on any atom is -0.335 e. The van der Waals surface area contributed by atoms with Gasteiger partial charge in [0.25, 0.3) is 5.91 Å². The molecular formula is C19H20Cl2N2O. The lowest BCUT2D eigenvalue weighted by Gasteiger charge is -2.41. The Kier molecular flexibility index (Phi) is 5.44. The molecule has 1 atom stereocenters. The second-order valence-corrected chi connectivity index (χ2v) is 6.83. The molecule has 3 nitrogen and oxygen atoms in total. The highest BCUT2D eigenvalue weighted by Gasteiger charge is 2.30. The second kappa shape index (κ2) is 7.56. The summed E-state index contributed by atoms with van der Waals surface area (Å²) >= 11 is 11.9. The lowest BCUT2D eigenvalue weighted by molar-refractivity contribution is 0.0495. The van der Waals surface area contributed by atoms with E-state index in [0.29, 0.717) is 17.1 Å². The summed E-state index contributed by atoms with van der Waals surface area (Å²) in [6, 6.07) is 15.2. The van der Waals surface area contributed by atoms with Gasteiger partial charge in [0.15, 0.2) is 0 Å². The Morgan fingerprint density at radius 1 is 1.00 bits per heavy atom. The van der Waals surface area contributed by atoms with Gasteiger partial charge in [-0.25, -0.2) is 0 Å². The first-order valence-electron chi connectivity index (χ1n) is 8.13.